The summed E-state index contributed by atoms with van der Waals surface area (Å²) in [5, 5.41) is 14.2. The molecule has 0 spiro atoms. The molecule has 3 aromatic carbocycles. The zero-order chi connectivity index (χ0) is 29.7. The monoisotopic (exact) mass is 637 g/mol. The third-order valence-corrected chi connectivity index (χ3v) is 6.86. The number of methoxy groups -OCH3 is 1. The van der Waals surface area contributed by atoms with E-state index in [1.807, 2.05) is 0 Å². The van der Waals surface area contributed by atoms with Gasteiger partial charge in [-0.15, -0.1) is 0 Å². The van der Waals surface area contributed by atoms with Gasteiger partial charge in [0, 0.05) is 18.3 Å². The lowest BCUT2D eigenvalue weighted by Crippen LogP contribution is -2.14. The fourth-order valence-electron chi connectivity index (χ4n) is 3.26. The minimum atomic E-state index is -4.62. The van der Waals surface area contributed by atoms with Crippen molar-refractivity contribution < 1.29 is 40.1 Å². The van der Waals surface area contributed by atoms with Crippen molar-refractivity contribution in [1.29, 1.82) is 5.26 Å². The minimum Gasteiger partial charge on any atom is -0.493 e. The standard InChI is InChI=1S/C26H19BrF3N3O6S/c1-15(34)32-19-6-8-21(9-7-19)40(36,37)39-24-22(27)11-16(12-23(24)38-2)10-17(14-31)25(35)33-20-5-3-4-18(13-20)26(28,29)30/h3-13H,1-2H3,(H,32,34)(H,33,35)/b17-10+. The molecule has 0 fully saturated rings. The van der Waals surface area contributed by atoms with E-state index >= 15 is 0 Å². The average molecular weight is 638 g/mol. The first kappa shape index (κ1) is 30.2. The topological polar surface area (TPSA) is 135 Å². The van der Waals surface area contributed by atoms with Gasteiger partial charge in [-0.2, -0.15) is 26.9 Å². The largest absolute Gasteiger partial charge is 0.493 e. The lowest BCUT2D eigenvalue weighted by molar-refractivity contribution is -0.137. The molecule has 0 aliphatic heterocycles. The van der Waals surface area contributed by atoms with Crippen LogP contribution in [0.5, 0.6) is 11.5 Å². The third kappa shape index (κ3) is 7.61. The second-order valence-corrected chi connectivity index (χ2v) is 10.4. The molecule has 0 saturated heterocycles. The Morgan fingerprint density at radius 3 is 2.27 bits per heavy atom. The Kier molecular flexibility index (Phi) is 9.23. The van der Waals surface area contributed by atoms with Crippen molar-refractivity contribution in [2.75, 3.05) is 17.7 Å². The first-order chi connectivity index (χ1) is 18.7. The van der Waals surface area contributed by atoms with Gasteiger partial charge in [-0.25, -0.2) is 0 Å². The normalized spacial score (nSPS) is 11.8. The maximum Gasteiger partial charge on any atom is 0.416 e. The van der Waals surface area contributed by atoms with E-state index in [1.54, 1.807) is 6.07 Å². The Hall–Kier alpha value is -4.35. The molecule has 3 rings (SSSR count). The van der Waals surface area contributed by atoms with Gasteiger partial charge >= 0.3 is 16.3 Å². The molecule has 0 aromatic heterocycles. The fraction of sp³-hybridized carbons (Fsp3) is 0.115. The van der Waals surface area contributed by atoms with Crippen molar-refractivity contribution in [2.45, 2.75) is 18.0 Å². The molecule has 0 unspecified atom stereocenters. The van der Waals surface area contributed by atoms with E-state index in [1.165, 1.54) is 56.5 Å². The van der Waals surface area contributed by atoms with Crippen molar-refractivity contribution in [3.63, 3.8) is 0 Å². The Morgan fingerprint density at radius 1 is 1.02 bits per heavy atom. The second kappa shape index (κ2) is 12.2. The molecule has 0 aliphatic rings. The van der Waals surface area contributed by atoms with E-state index in [4.69, 9.17) is 8.92 Å². The van der Waals surface area contributed by atoms with Crippen molar-refractivity contribution in [2.24, 2.45) is 0 Å². The predicted molar refractivity (Wildman–Crippen MR) is 143 cm³/mol. The molecule has 9 nitrogen and oxygen atoms in total. The summed E-state index contributed by atoms with van der Waals surface area (Å²) in [5.41, 5.74) is -1.00. The van der Waals surface area contributed by atoms with Gasteiger partial charge in [0.05, 0.1) is 17.1 Å². The smallest absolute Gasteiger partial charge is 0.416 e. The summed E-state index contributed by atoms with van der Waals surface area (Å²) < 4.78 is 75.2. The molecule has 0 atom stereocenters. The van der Waals surface area contributed by atoms with E-state index in [0.29, 0.717) is 5.69 Å². The maximum atomic E-state index is 13.0. The molecule has 0 bridgehead atoms. The van der Waals surface area contributed by atoms with Gasteiger partial charge in [0.25, 0.3) is 5.91 Å². The number of rotatable bonds is 8. The number of ether oxygens (including phenoxy) is 1. The van der Waals surface area contributed by atoms with Crippen LogP contribution in [0.2, 0.25) is 0 Å². The second-order valence-electron chi connectivity index (χ2n) is 7.98. The minimum absolute atomic E-state index is 0.0744. The molecule has 0 saturated carbocycles. The van der Waals surface area contributed by atoms with Crippen LogP contribution in [-0.2, 0) is 25.9 Å². The first-order valence-corrected chi connectivity index (χ1v) is 13.2. The number of carbonyl (C=O) groups excluding carboxylic acids is 2. The summed E-state index contributed by atoms with van der Waals surface area (Å²) >= 11 is 3.20. The van der Waals surface area contributed by atoms with Crippen LogP contribution in [0, 0.1) is 11.3 Å². The Morgan fingerprint density at radius 2 is 1.70 bits per heavy atom. The third-order valence-electron chi connectivity index (χ3n) is 5.03. The number of hydrogen-bond donors (Lipinski definition) is 2. The highest BCUT2D eigenvalue weighted by atomic mass is 79.9. The van der Waals surface area contributed by atoms with Crippen LogP contribution in [0.3, 0.4) is 0 Å². The molecule has 3 aromatic rings. The van der Waals surface area contributed by atoms with E-state index in [2.05, 4.69) is 26.6 Å². The van der Waals surface area contributed by atoms with Gasteiger partial charge in [0.1, 0.15) is 16.5 Å². The number of halogens is 4. The van der Waals surface area contributed by atoms with Crippen LogP contribution >= 0.6 is 15.9 Å². The van der Waals surface area contributed by atoms with E-state index in [9.17, 15) is 36.4 Å². The molecular weight excluding hydrogens is 619 g/mol. The quantitative estimate of drug-likeness (QED) is 0.182. The SMILES string of the molecule is COc1cc(/C=C(\C#N)C(=O)Nc2cccc(C(F)(F)F)c2)cc(Br)c1OS(=O)(=O)c1ccc(NC(C)=O)cc1. The van der Waals surface area contributed by atoms with Gasteiger partial charge < -0.3 is 19.6 Å². The Balaban J connectivity index is 1.87. The summed E-state index contributed by atoms with van der Waals surface area (Å²) in [6.45, 7) is 1.30. The van der Waals surface area contributed by atoms with Crippen LogP contribution in [0.25, 0.3) is 6.08 Å². The van der Waals surface area contributed by atoms with Crippen LogP contribution in [0.4, 0.5) is 24.5 Å². The maximum absolute atomic E-state index is 13.0. The van der Waals surface area contributed by atoms with Crippen molar-refractivity contribution in [3.05, 3.63) is 81.8 Å². The molecule has 208 valence electrons. The highest BCUT2D eigenvalue weighted by Crippen LogP contribution is 2.39. The highest BCUT2D eigenvalue weighted by molar-refractivity contribution is 9.10. The predicted octanol–water partition coefficient (Wildman–Crippen LogP) is 5.75. The van der Waals surface area contributed by atoms with E-state index < -0.39 is 33.3 Å². The summed E-state index contributed by atoms with van der Waals surface area (Å²) in [5.74, 6) is -1.60. The van der Waals surface area contributed by atoms with Gasteiger partial charge in [-0.05, 0) is 82.2 Å². The van der Waals surface area contributed by atoms with E-state index in [-0.39, 0.29) is 38.0 Å². The number of amides is 2. The molecule has 40 heavy (non-hydrogen) atoms. The van der Waals surface area contributed by atoms with Crippen molar-refractivity contribution >= 4 is 55.3 Å². The highest BCUT2D eigenvalue weighted by Gasteiger charge is 2.30. The molecule has 2 N–H and O–H groups in total. The molecule has 2 amide bonds. The summed E-state index contributed by atoms with van der Waals surface area (Å²) in [6.07, 6.45) is -3.49. The van der Waals surface area contributed by atoms with Gasteiger partial charge in [-0.3, -0.25) is 9.59 Å². The fourth-order valence-corrected chi connectivity index (χ4v) is 4.86. The van der Waals surface area contributed by atoms with Gasteiger partial charge in [-0.1, -0.05) is 6.07 Å². The van der Waals surface area contributed by atoms with Crippen LogP contribution < -0.4 is 19.6 Å². The number of benzene rings is 3. The molecular formula is C26H19BrF3N3O6S. The summed E-state index contributed by atoms with van der Waals surface area (Å²) in [7, 11) is -3.11. The first-order valence-electron chi connectivity index (χ1n) is 11.0. The number of anilines is 2. The number of nitrogens with zero attached hydrogens (tertiary/aromatic N) is 1. The van der Waals surface area contributed by atoms with Crippen LogP contribution in [0.1, 0.15) is 18.1 Å². The lowest BCUT2D eigenvalue weighted by atomic mass is 10.1. The Bertz CT molecular complexity index is 1630. The molecule has 0 heterocycles. The number of nitriles is 1. The number of carbonyl (C=O) groups is 2. The zero-order valence-electron chi connectivity index (χ0n) is 20.7. The number of nitrogens with one attached hydrogen (secondary N) is 2. The van der Waals surface area contributed by atoms with Gasteiger partial charge in [0.2, 0.25) is 5.91 Å². The van der Waals surface area contributed by atoms with Crippen molar-refractivity contribution in [1.82, 2.24) is 0 Å². The van der Waals surface area contributed by atoms with Gasteiger partial charge in [0.15, 0.2) is 11.5 Å². The van der Waals surface area contributed by atoms with Crippen LogP contribution in [0.15, 0.2) is 75.6 Å². The average Bonchev–Trinajstić information content (AvgIpc) is 2.88. The zero-order valence-corrected chi connectivity index (χ0v) is 23.1. The van der Waals surface area contributed by atoms with Crippen LogP contribution in [-0.4, -0.2) is 27.3 Å². The lowest BCUT2D eigenvalue weighted by Gasteiger charge is -2.14. The summed E-state index contributed by atoms with van der Waals surface area (Å²) in [6, 6.07) is 13.5. The summed E-state index contributed by atoms with van der Waals surface area (Å²) in [4.78, 5) is 23.5. The molecule has 14 heteroatoms. The molecule has 0 aliphatic carbocycles. The van der Waals surface area contributed by atoms with E-state index in [0.717, 1.165) is 24.3 Å². The van der Waals surface area contributed by atoms with Crippen molar-refractivity contribution in [3.8, 4) is 17.6 Å². The molecule has 0 radical (unpaired) electrons. The Labute approximate surface area is 235 Å². The number of alkyl halides is 3. The number of hydrogen-bond acceptors (Lipinski definition) is 7.